The number of nitrogens with zero attached hydrogens (tertiary/aromatic N) is 2. The average Bonchev–Trinajstić information content (AvgIpc) is 2.75. The predicted molar refractivity (Wildman–Crippen MR) is 71.2 cm³/mol. The molecule has 110 valence electrons. The number of carboxylic acids is 2. The van der Waals surface area contributed by atoms with E-state index in [2.05, 4.69) is 23.2 Å². The molecule has 0 unspecified atom stereocenters. The molecule has 1 aromatic rings. The van der Waals surface area contributed by atoms with E-state index in [0.29, 0.717) is 0 Å². The van der Waals surface area contributed by atoms with E-state index < -0.39 is 11.9 Å². The number of aliphatic carboxylic acids is 2. The largest absolute Gasteiger partial charge is 0.473 e. The van der Waals surface area contributed by atoms with E-state index in [1.165, 1.54) is 25.0 Å². The third kappa shape index (κ3) is 5.66. The molecule has 0 spiro atoms. The van der Waals surface area contributed by atoms with Crippen molar-refractivity contribution in [3.05, 3.63) is 23.1 Å². The van der Waals surface area contributed by atoms with Crippen LogP contribution in [-0.2, 0) is 9.59 Å². The number of hydrogen-bond donors (Lipinski definition) is 2. The summed E-state index contributed by atoms with van der Waals surface area (Å²) in [5, 5.41) is 18.7. The Bertz CT molecular complexity index is 495. The minimum Gasteiger partial charge on any atom is -0.473 e. The third-order valence-electron chi connectivity index (χ3n) is 2.69. The van der Waals surface area contributed by atoms with E-state index in [1.54, 1.807) is 0 Å². The molecular weight excluding hydrogens is 264 g/mol. The molecule has 7 heteroatoms. The Morgan fingerprint density at radius 1 is 1.40 bits per heavy atom. The van der Waals surface area contributed by atoms with Gasteiger partial charge >= 0.3 is 11.9 Å². The van der Waals surface area contributed by atoms with Crippen LogP contribution in [0.25, 0.3) is 6.08 Å². The zero-order chi connectivity index (χ0) is 15.1. The van der Waals surface area contributed by atoms with Crippen molar-refractivity contribution in [3.8, 4) is 0 Å². The molecule has 1 fully saturated rings. The van der Waals surface area contributed by atoms with Gasteiger partial charge in [-0.15, -0.1) is 0 Å². The third-order valence-corrected chi connectivity index (χ3v) is 2.69. The number of carbonyl (C=O) groups is 2. The van der Waals surface area contributed by atoms with Gasteiger partial charge in [-0.25, -0.2) is 9.59 Å². The molecule has 0 radical (unpaired) electrons. The smallest absolute Gasteiger partial charge is 0.414 e. The molecular formula is C13H18N2O5. The summed E-state index contributed by atoms with van der Waals surface area (Å²) in [6, 6.07) is 1.97. The second-order valence-corrected chi connectivity index (χ2v) is 4.62. The lowest BCUT2D eigenvalue weighted by atomic mass is 10.0. The van der Waals surface area contributed by atoms with Gasteiger partial charge in [-0.1, -0.05) is 10.7 Å². The second kappa shape index (κ2) is 7.44. The summed E-state index contributed by atoms with van der Waals surface area (Å²) in [5.74, 6) is -2.77. The number of carboxylic acid groups (broad SMARTS) is 2. The van der Waals surface area contributed by atoms with Crippen molar-refractivity contribution >= 4 is 18.0 Å². The van der Waals surface area contributed by atoms with Crippen molar-refractivity contribution in [1.29, 1.82) is 0 Å². The topological polar surface area (TPSA) is 104 Å². The van der Waals surface area contributed by atoms with E-state index in [9.17, 15) is 0 Å². The standard InChI is InChI=1S/C11H16N2O.C2H2O4/c1-9-6-11(14-12-9)7-10-4-3-5-13(2)8-10;3-1(4)2(5)6/h6-7H,3-5,8H2,1-2H3;(H,3,4)(H,5,6)/b10-7-;. The first-order valence-electron chi connectivity index (χ1n) is 6.16. The highest BCUT2D eigenvalue weighted by Gasteiger charge is 2.10. The molecule has 0 aliphatic carbocycles. The van der Waals surface area contributed by atoms with E-state index >= 15 is 0 Å². The number of likely N-dealkylation sites (tertiary alicyclic amines) is 1. The fourth-order valence-electron chi connectivity index (χ4n) is 1.85. The van der Waals surface area contributed by atoms with Crippen LogP contribution in [0.15, 0.2) is 16.2 Å². The number of aryl methyl sites for hydroxylation is 1. The lowest BCUT2D eigenvalue weighted by molar-refractivity contribution is -0.159. The molecule has 0 atom stereocenters. The summed E-state index contributed by atoms with van der Waals surface area (Å²) in [7, 11) is 2.15. The summed E-state index contributed by atoms with van der Waals surface area (Å²) < 4.78 is 5.16. The van der Waals surface area contributed by atoms with Crippen LogP contribution in [0.3, 0.4) is 0 Å². The fraction of sp³-hybridized carbons (Fsp3) is 0.462. The molecule has 1 saturated heterocycles. The van der Waals surface area contributed by atoms with Crippen LogP contribution >= 0.6 is 0 Å². The van der Waals surface area contributed by atoms with Gasteiger partial charge in [0.2, 0.25) is 0 Å². The summed E-state index contributed by atoms with van der Waals surface area (Å²) in [4.78, 5) is 20.5. The maximum absolute atomic E-state index is 9.10. The molecule has 2 rings (SSSR count). The van der Waals surface area contributed by atoms with Gasteiger partial charge in [0.1, 0.15) is 0 Å². The molecule has 1 aliphatic heterocycles. The molecule has 2 N–H and O–H groups in total. The molecule has 20 heavy (non-hydrogen) atoms. The fourth-order valence-corrected chi connectivity index (χ4v) is 1.85. The maximum atomic E-state index is 9.10. The lowest BCUT2D eigenvalue weighted by Crippen LogP contribution is -2.26. The van der Waals surface area contributed by atoms with Gasteiger partial charge in [0.25, 0.3) is 0 Å². The van der Waals surface area contributed by atoms with Crippen LogP contribution in [0.5, 0.6) is 0 Å². The second-order valence-electron chi connectivity index (χ2n) is 4.62. The number of rotatable bonds is 1. The van der Waals surface area contributed by atoms with Crippen LogP contribution in [0.1, 0.15) is 24.3 Å². The zero-order valence-corrected chi connectivity index (χ0v) is 11.5. The average molecular weight is 282 g/mol. The number of likely N-dealkylation sites (N-methyl/N-ethyl adjacent to an activating group) is 1. The highest BCUT2D eigenvalue weighted by atomic mass is 16.5. The molecule has 0 bridgehead atoms. The Morgan fingerprint density at radius 2 is 2.05 bits per heavy atom. The van der Waals surface area contributed by atoms with Gasteiger partial charge in [0.15, 0.2) is 5.76 Å². The van der Waals surface area contributed by atoms with E-state index in [0.717, 1.165) is 18.0 Å². The SMILES string of the molecule is Cc1cc(/C=C2/CCCN(C)C2)on1.O=C(O)C(=O)O. The first-order valence-corrected chi connectivity index (χ1v) is 6.16. The van der Waals surface area contributed by atoms with Gasteiger partial charge in [-0.2, -0.15) is 0 Å². The van der Waals surface area contributed by atoms with Gasteiger partial charge < -0.3 is 19.6 Å². The predicted octanol–water partition coefficient (Wildman–Crippen LogP) is 1.25. The first-order chi connectivity index (χ1) is 9.38. The molecule has 0 aromatic carbocycles. The molecule has 1 aliphatic rings. The summed E-state index contributed by atoms with van der Waals surface area (Å²) >= 11 is 0. The Balaban J connectivity index is 0.000000286. The van der Waals surface area contributed by atoms with Crippen LogP contribution in [0, 0.1) is 6.92 Å². The van der Waals surface area contributed by atoms with Crippen molar-refractivity contribution in [1.82, 2.24) is 10.1 Å². The monoisotopic (exact) mass is 282 g/mol. The molecule has 0 saturated carbocycles. The highest BCUT2D eigenvalue weighted by molar-refractivity contribution is 6.27. The molecule has 7 nitrogen and oxygen atoms in total. The van der Waals surface area contributed by atoms with Crippen LogP contribution in [0.2, 0.25) is 0 Å². The van der Waals surface area contributed by atoms with Crippen LogP contribution < -0.4 is 0 Å². The Hall–Kier alpha value is -2.15. The minimum absolute atomic E-state index is 0.882. The van der Waals surface area contributed by atoms with E-state index in [1.807, 2.05) is 13.0 Å². The number of hydrogen-bond acceptors (Lipinski definition) is 5. The normalized spacial score (nSPS) is 17.4. The van der Waals surface area contributed by atoms with E-state index in [4.69, 9.17) is 24.3 Å². The Labute approximate surface area is 116 Å². The van der Waals surface area contributed by atoms with Gasteiger partial charge in [-0.3, -0.25) is 0 Å². The van der Waals surface area contributed by atoms with Crippen molar-refractivity contribution in [2.24, 2.45) is 0 Å². The van der Waals surface area contributed by atoms with Crippen molar-refractivity contribution in [2.45, 2.75) is 19.8 Å². The highest BCUT2D eigenvalue weighted by Crippen LogP contribution is 2.17. The van der Waals surface area contributed by atoms with Crippen LogP contribution in [-0.4, -0.2) is 52.3 Å². The summed E-state index contributed by atoms with van der Waals surface area (Å²) in [5.41, 5.74) is 2.39. The summed E-state index contributed by atoms with van der Waals surface area (Å²) in [6.45, 7) is 4.20. The lowest BCUT2D eigenvalue weighted by Gasteiger charge is -2.23. The van der Waals surface area contributed by atoms with Gasteiger partial charge in [0, 0.05) is 12.6 Å². The quantitative estimate of drug-likeness (QED) is 0.747. The van der Waals surface area contributed by atoms with Crippen LogP contribution in [0.4, 0.5) is 0 Å². The van der Waals surface area contributed by atoms with Gasteiger partial charge in [-0.05, 0) is 39.4 Å². The molecule has 0 amide bonds. The summed E-state index contributed by atoms with van der Waals surface area (Å²) in [6.07, 6.45) is 4.55. The minimum atomic E-state index is -1.82. The first kappa shape index (κ1) is 15.9. The number of piperidine rings is 1. The molecule has 2 heterocycles. The van der Waals surface area contributed by atoms with Crippen molar-refractivity contribution in [2.75, 3.05) is 20.1 Å². The maximum Gasteiger partial charge on any atom is 0.414 e. The Kier molecular flexibility index (Phi) is 5.92. The van der Waals surface area contributed by atoms with Crippen molar-refractivity contribution in [3.63, 3.8) is 0 Å². The van der Waals surface area contributed by atoms with Gasteiger partial charge in [0.05, 0.1) is 5.69 Å². The van der Waals surface area contributed by atoms with Crippen molar-refractivity contribution < 1.29 is 24.3 Å². The van der Waals surface area contributed by atoms with E-state index in [-0.39, 0.29) is 0 Å². The zero-order valence-electron chi connectivity index (χ0n) is 11.5. The molecule has 1 aromatic heterocycles. The Morgan fingerprint density at radius 3 is 2.50 bits per heavy atom. The number of aromatic nitrogens is 1.